The summed E-state index contributed by atoms with van der Waals surface area (Å²) >= 11 is 0. The number of rotatable bonds is 2. The van der Waals surface area contributed by atoms with Gasteiger partial charge < -0.3 is 4.74 Å². The molecule has 0 aliphatic rings. The molecular weight excluding hydrogens is 220 g/mol. The number of esters is 1. The quantitative estimate of drug-likeness (QED) is 0.442. The first-order valence-electron chi connectivity index (χ1n) is 4.74. The molecule has 6 heteroatoms. The lowest BCUT2D eigenvalue weighted by Crippen LogP contribution is -2.03. The summed E-state index contributed by atoms with van der Waals surface area (Å²) in [6.07, 6.45) is 1.30. The van der Waals surface area contributed by atoms with Crippen LogP contribution in [0.4, 0.5) is 0 Å². The lowest BCUT2D eigenvalue weighted by Gasteiger charge is -1.97. The standard InChI is InChI=1S/C11H8N4O2/c1-12-9(11(16)17-2)7-15-10-6-4-3-5-8(10)13-14-15/h3-7H,2H3/b9-7+. The normalized spacial score (nSPS) is 11.2. The van der Waals surface area contributed by atoms with Gasteiger partial charge in [0.2, 0.25) is 0 Å². The number of para-hydroxylation sites is 1. The van der Waals surface area contributed by atoms with Crippen LogP contribution in [0.3, 0.4) is 0 Å². The number of nitrogens with zero attached hydrogens (tertiary/aromatic N) is 4. The van der Waals surface area contributed by atoms with Crippen molar-refractivity contribution in [2.24, 2.45) is 0 Å². The Bertz CT molecular complexity index is 636. The molecule has 17 heavy (non-hydrogen) atoms. The minimum absolute atomic E-state index is 0.150. The van der Waals surface area contributed by atoms with E-state index < -0.39 is 5.97 Å². The van der Waals surface area contributed by atoms with Crippen molar-refractivity contribution < 1.29 is 9.53 Å². The van der Waals surface area contributed by atoms with Crippen LogP contribution in [0, 0.1) is 6.57 Å². The molecule has 0 spiro atoms. The van der Waals surface area contributed by atoms with Gasteiger partial charge in [-0.3, -0.25) is 4.79 Å². The maximum absolute atomic E-state index is 11.2. The number of hydrogen-bond acceptors (Lipinski definition) is 4. The average Bonchev–Trinajstić information content (AvgIpc) is 2.78. The first kappa shape index (κ1) is 10.8. The fraction of sp³-hybridized carbons (Fsp3) is 0.0909. The Morgan fingerprint density at radius 1 is 1.53 bits per heavy atom. The molecule has 0 N–H and O–H groups in total. The number of carbonyl (C=O) groups is 1. The predicted octanol–water partition coefficient (Wildman–Crippen LogP) is 1.32. The van der Waals surface area contributed by atoms with Crippen molar-refractivity contribution in [1.82, 2.24) is 15.0 Å². The number of fused-ring (bicyclic) bond motifs is 1. The molecular formula is C11H8N4O2. The van der Waals surface area contributed by atoms with Crippen molar-refractivity contribution in [3.8, 4) is 0 Å². The van der Waals surface area contributed by atoms with E-state index in [0.717, 1.165) is 5.52 Å². The molecule has 0 saturated heterocycles. The average molecular weight is 228 g/mol. The number of ether oxygens (including phenoxy) is 1. The molecule has 0 saturated carbocycles. The molecule has 0 aliphatic heterocycles. The van der Waals surface area contributed by atoms with Crippen molar-refractivity contribution in [2.75, 3.05) is 7.11 Å². The minimum atomic E-state index is -0.695. The molecule has 2 aromatic rings. The Hall–Kier alpha value is -2.68. The third-order valence-corrected chi connectivity index (χ3v) is 2.14. The predicted molar refractivity (Wildman–Crippen MR) is 60.4 cm³/mol. The summed E-state index contributed by atoms with van der Waals surface area (Å²) in [5.74, 6) is -0.695. The summed E-state index contributed by atoms with van der Waals surface area (Å²) in [6, 6.07) is 7.25. The summed E-state index contributed by atoms with van der Waals surface area (Å²) < 4.78 is 5.86. The minimum Gasteiger partial charge on any atom is -0.474 e. The van der Waals surface area contributed by atoms with Crippen LogP contribution in [0.1, 0.15) is 0 Å². The number of methoxy groups -OCH3 is 1. The number of hydrogen-bond donors (Lipinski definition) is 0. The van der Waals surface area contributed by atoms with E-state index in [2.05, 4.69) is 19.9 Å². The van der Waals surface area contributed by atoms with Crippen LogP contribution < -0.4 is 0 Å². The highest BCUT2D eigenvalue weighted by Crippen LogP contribution is 2.11. The summed E-state index contributed by atoms with van der Waals surface area (Å²) in [5.41, 5.74) is 1.26. The third kappa shape index (κ3) is 1.99. The van der Waals surface area contributed by atoms with Gasteiger partial charge in [0.05, 0.1) is 19.2 Å². The molecule has 0 bridgehead atoms. The van der Waals surface area contributed by atoms with E-state index in [0.29, 0.717) is 5.52 Å². The van der Waals surface area contributed by atoms with Crippen molar-refractivity contribution in [2.45, 2.75) is 0 Å². The van der Waals surface area contributed by atoms with Gasteiger partial charge in [0, 0.05) is 6.20 Å². The molecule has 0 aliphatic carbocycles. The van der Waals surface area contributed by atoms with E-state index in [1.165, 1.54) is 18.0 Å². The smallest absolute Gasteiger partial charge is 0.337 e. The van der Waals surface area contributed by atoms with Crippen molar-refractivity contribution in [3.63, 3.8) is 0 Å². The Labute approximate surface area is 96.9 Å². The van der Waals surface area contributed by atoms with Crippen LogP contribution in [0.25, 0.3) is 22.1 Å². The second kappa shape index (κ2) is 4.45. The van der Waals surface area contributed by atoms with Crippen LogP contribution >= 0.6 is 0 Å². The van der Waals surface area contributed by atoms with Gasteiger partial charge in [-0.1, -0.05) is 17.3 Å². The van der Waals surface area contributed by atoms with Crippen LogP contribution in [0.5, 0.6) is 0 Å². The fourth-order valence-corrected chi connectivity index (χ4v) is 1.33. The molecule has 1 heterocycles. The molecule has 0 amide bonds. The Morgan fingerprint density at radius 3 is 3.00 bits per heavy atom. The van der Waals surface area contributed by atoms with Crippen LogP contribution in [0.2, 0.25) is 0 Å². The highest BCUT2D eigenvalue weighted by atomic mass is 16.5. The second-order valence-electron chi connectivity index (χ2n) is 3.14. The summed E-state index contributed by atoms with van der Waals surface area (Å²) in [5, 5.41) is 7.74. The van der Waals surface area contributed by atoms with Crippen molar-refractivity contribution in [3.05, 3.63) is 41.4 Å². The molecule has 0 atom stereocenters. The van der Waals surface area contributed by atoms with Crippen LogP contribution in [-0.4, -0.2) is 28.1 Å². The monoisotopic (exact) mass is 228 g/mol. The maximum atomic E-state index is 11.2. The van der Waals surface area contributed by atoms with Gasteiger partial charge in [-0.05, 0) is 12.1 Å². The molecule has 0 fully saturated rings. The first-order valence-corrected chi connectivity index (χ1v) is 4.74. The molecule has 0 unspecified atom stereocenters. The van der Waals surface area contributed by atoms with E-state index in [1.54, 1.807) is 12.1 Å². The molecule has 1 aromatic carbocycles. The van der Waals surface area contributed by atoms with Crippen molar-refractivity contribution in [1.29, 1.82) is 0 Å². The van der Waals surface area contributed by atoms with Gasteiger partial charge in [0.15, 0.2) is 0 Å². The molecule has 6 nitrogen and oxygen atoms in total. The summed E-state index contributed by atoms with van der Waals surface area (Å²) in [6.45, 7) is 6.90. The first-order chi connectivity index (χ1) is 8.26. The largest absolute Gasteiger partial charge is 0.474 e. The second-order valence-corrected chi connectivity index (χ2v) is 3.14. The molecule has 2 rings (SSSR count). The zero-order valence-electron chi connectivity index (χ0n) is 8.99. The number of benzene rings is 1. The summed E-state index contributed by atoms with van der Waals surface area (Å²) in [7, 11) is 1.22. The zero-order chi connectivity index (χ0) is 12.3. The summed E-state index contributed by atoms with van der Waals surface area (Å²) in [4.78, 5) is 14.3. The lowest BCUT2D eigenvalue weighted by molar-refractivity contribution is -0.135. The third-order valence-electron chi connectivity index (χ3n) is 2.14. The van der Waals surface area contributed by atoms with E-state index in [9.17, 15) is 4.79 Å². The van der Waals surface area contributed by atoms with Gasteiger partial charge in [-0.15, -0.1) is 5.10 Å². The lowest BCUT2D eigenvalue weighted by atomic mass is 10.3. The van der Waals surface area contributed by atoms with E-state index in [-0.39, 0.29) is 5.70 Å². The highest BCUT2D eigenvalue weighted by molar-refractivity contribution is 5.94. The Kier molecular flexibility index (Phi) is 2.83. The van der Waals surface area contributed by atoms with Gasteiger partial charge in [-0.2, -0.15) is 0 Å². The SMILES string of the molecule is [C-]#[N+]/C(=C/n1nnc2ccccc21)C(=O)OC. The van der Waals surface area contributed by atoms with Gasteiger partial charge in [0.1, 0.15) is 5.52 Å². The highest BCUT2D eigenvalue weighted by Gasteiger charge is 2.11. The van der Waals surface area contributed by atoms with Gasteiger partial charge in [0.25, 0.3) is 5.70 Å². The van der Waals surface area contributed by atoms with E-state index in [4.69, 9.17) is 6.57 Å². The van der Waals surface area contributed by atoms with Crippen LogP contribution in [0.15, 0.2) is 30.0 Å². The van der Waals surface area contributed by atoms with Gasteiger partial charge >= 0.3 is 5.97 Å². The van der Waals surface area contributed by atoms with Gasteiger partial charge in [-0.25, -0.2) is 9.53 Å². The topological polar surface area (TPSA) is 61.4 Å². The molecule has 0 radical (unpaired) electrons. The van der Waals surface area contributed by atoms with E-state index in [1.807, 2.05) is 12.1 Å². The zero-order valence-corrected chi connectivity index (χ0v) is 8.99. The Morgan fingerprint density at radius 2 is 2.29 bits per heavy atom. The Balaban J connectivity index is 2.51. The fourth-order valence-electron chi connectivity index (χ4n) is 1.33. The van der Waals surface area contributed by atoms with Crippen LogP contribution in [-0.2, 0) is 9.53 Å². The van der Waals surface area contributed by atoms with E-state index >= 15 is 0 Å². The maximum Gasteiger partial charge on any atom is 0.337 e. The number of carbonyl (C=O) groups excluding carboxylic acids is 1. The number of aromatic nitrogens is 3. The van der Waals surface area contributed by atoms with Crippen molar-refractivity contribution >= 4 is 23.2 Å². The molecule has 1 aromatic heterocycles. The molecule has 84 valence electrons.